The molecule has 6 nitrogen and oxygen atoms in total. The third kappa shape index (κ3) is 5.06. The van der Waals surface area contributed by atoms with Crippen molar-refractivity contribution >= 4 is 17.5 Å². The average molecular weight is 292 g/mol. The Morgan fingerprint density at radius 3 is 2.67 bits per heavy atom. The zero-order chi connectivity index (χ0) is 15.9. The summed E-state index contributed by atoms with van der Waals surface area (Å²) in [7, 11) is 1.58. The Balaban J connectivity index is 2.65. The Morgan fingerprint density at radius 1 is 1.33 bits per heavy atom. The zero-order valence-electron chi connectivity index (χ0n) is 13.1. The number of amides is 2. The number of rotatable bonds is 7. The summed E-state index contributed by atoms with van der Waals surface area (Å²) in [6, 6.07) is 3.53. The average Bonchev–Trinajstić information content (AvgIpc) is 2.50. The Bertz CT molecular complexity index is 500. The first-order valence-corrected chi connectivity index (χ1v) is 7.11. The van der Waals surface area contributed by atoms with Crippen LogP contribution in [0.25, 0.3) is 0 Å². The van der Waals surface area contributed by atoms with Gasteiger partial charge in [-0.1, -0.05) is 6.92 Å². The molecule has 6 heteroatoms. The largest absolute Gasteiger partial charge is 0.385 e. The van der Waals surface area contributed by atoms with Crippen molar-refractivity contribution in [2.45, 2.75) is 27.2 Å². The fourth-order valence-corrected chi connectivity index (χ4v) is 1.74. The Labute approximate surface area is 125 Å². The van der Waals surface area contributed by atoms with Crippen molar-refractivity contribution in [1.82, 2.24) is 15.6 Å². The Hall–Kier alpha value is -2.11. The lowest BCUT2D eigenvalue weighted by atomic mass is 9.92. The molecule has 0 fully saturated rings. The first kappa shape index (κ1) is 16.9. The fraction of sp³-hybridized carbons (Fsp3) is 0.533. The molecule has 1 heterocycles. The van der Waals surface area contributed by atoms with Crippen LogP contribution in [-0.4, -0.2) is 36.9 Å². The van der Waals surface area contributed by atoms with Gasteiger partial charge >= 0.3 is 0 Å². The molecule has 0 atom stereocenters. The minimum Gasteiger partial charge on any atom is -0.385 e. The van der Waals surface area contributed by atoms with Gasteiger partial charge in [0.05, 0.1) is 5.41 Å². The lowest BCUT2D eigenvalue weighted by molar-refractivity contribution is -0.128. The van der Waals surface area contributed by atoms with E-state index in [-0.39, 0.29) is 18.4 Å². The van der Waals surface area contributed by atoms with Gasteiger partial charge in [-0.05, 0) is 32.4 Å². The first-order chi connectivity index (χ1) is 9.90. The summed E-state index contributed by atoms with van der Waals surface area (Å²) < 4.78 is 0. The number of nitrogens with zero attached hydrogens (tertiary/aromatic N) is 1. The van der Waals surface area contributed by atoms with Crippen molar-refractivity contribution in [3.63, 3.8) is 0 Å². The fourth-order valence-electron chi connectivity index (χ4n) is 1.74. The van der Waals surface area contributed by atoms with Crippen molar-refractivity contribution < 1.29 is 9.59 Å². The van der Waals surface area contributed by atoms with E-state index in [0.717, 1.165) is 18.7 Å². The third-order valence-electron chi connectivity index (χ3n) is 3.10. The van der Waals surface area contributed by atoms with Crippen LogP contribution < -0.4 is 16.0 Å². The summed E-state index contributed by atoms with van der Waals surface area (Å²) in [6.07, 6.45) is 2.60. The van der Waals surface area contributed by atoms with Gasteiger partial charge in [0.25, 0.3) is 5.91 Å². The Kier molecular flexibility index (Phi) is 6.14. The highest BCUT2D eigenvalue weighted by Gasteiger charge is 2.27. The molecule has 0 aliphatic carbocycles. The summed E-state index contributed by atoms with van der Waals surface area (Å²) in [4.78, 5) is 27.8. The molecule has 0 radical (unpaired) electrons. The van der Waals surface area contributed by atoms with E-state index >= 15 is 0 Å². The third-order valence-corrected chi connectivity index (χ3v) is 3.10. The van der Waals surface area contributed by atoms with Crippen molar-refractivity contribution in [2.75, 3.05) is 25.5 Å². The van der Waals surface area contributed by atoms with E-state index in [4.69, 9.17) is 0 Å². The van der Waals surface area contributed by atoms with Gasteiger partial charge in [0, 0.05) is 32.0 Å². The maximum atomic E-state index is 12.1. The van der Waals surface area contributed by atoms with E-state index in [1.54, 1.807) is 33.2 Å². The maximum absolute atomic E-state index is 12.1. The number of aromatic nitrogens is 1. The highest BCUT2D eigenvalue weighted by Crippen LogP contribution is 2.14. The number of hydrogen-bond acceptors (Lipinski definition) is 4. The summed E-state index contributed by atoms with van der Waals surface area (Å²) in [5.74, 6) is -0.402. The minimum absolute atomic E-state index is 0.117. The second-order valence-corrected chi connectivity index (χ2v) is 5.50. The first-order valence-electron chi connectivity index (χ1n) is 7.11. The normalized spacial score (nSPS) is 10.9. The molecule has 0 saturated carbocycles. The van der Waals surface area contributed by atoms with Crippen LogP contribution in [0.2, 0.25) is 0 Å². The molecule has 0 unspecified atom stereocenters. The van der Waals surface area contributed by atoms with Crippen LogP contribution in [0, 0.1) is 5.41 Å². The predicted molar refractivity (Wildman–Crippen MR) is 83.2 cm³/mol. The van der Waals surface area contributed by atoms with E-state index in [1.807, 2.05) is 6.07 Å². The van der Waals surface area contributed by atoms with Crippen LogP contribution in [0.1, 0.15) is 37.7 Å². The topological polar surface area (TPSA) is 83.1 Å². The molecule has 1 aromatic heterocycles. The lowest BCUT2D eigenvalue weighted by Gasteiger charge is -2.22. The molecule has 0 aromatic carbocycles. The molecule has 0 saturated heterocycles. The van der Waals surface area contributed by atoms with Crippen LogP contribution in [0.5, 0.6) is 0 Å². The van der Waals surface area contributed by atoms with E-state index in [1.165, 1.54) is 0 Å². The van der Waals surface area contributed by atoms with E-state index in [2.05, 4.69) is 27.9 Å². The van der Waals surface area contributed by atoms with Crippen LogP contribution in [0.3, 0.4) is 0 Å². The lowest BCUT2D eigenvalue weighted by Crippen LogP contribution is -2.43. The molecule has 0 aliphatic rings. The van der Waals surface area contributed by atoms with E-state index < -0.39 is 5.41 Å². The molecule has 1 rings (SSSR count). The standard InChI is InChI=1S/C15H24N4O2/c1-5-7-17-11-6-8-18-12(9-11)13(20)19-10-15(2,3)14(21)16-4/h6,8-9H,5,7,10H2,1-4H3,(H,16,21)(H,17,18)(H,19,20). The molecule has 21 heavy (non-hydrogen) atoms. The monoisotopic (exact) mass is 292 g/mol. The molecule has 0 aliphatic heterocycles. The smallest absolute Gasteiger partial charge is 0.269 e. The number of hydrogen-bond donors (Lipinski definition) is 3. The van der Waals surface area contributed by atoms with Gasteiger partial charge in [0.1, 0.15) is 5.69 Å². The van der Waals surface area contributed by atoms with Gasteiger partial charge < -0.3 is 16.0 Å². The van der Waals surface area contributed by atoms with Crippen LogP contribution >= 0.6 is 0 Å². The number of pyridine rings is 1. The number of carbonyl (C=O) groups is 2. The molecule has 3 N–H and O–H groups in total. The van der Waals surface area contributed by atoms with Gasteiger partial charge in [0.2, 0.25) is 5.91 Å². The van der Waals surface area contributed by atoms with Crippen molar-refractivity contribution in [1.29, 1.82) is 0 Å². The van der Waals surface area contributed by atoms with Crippen LogP contribution in [-0.2, 0) is 4.79 Å². The predicted octanol–water partition coefficient (Wildman–Crippen LogP) is 1.41. The summed E-state index contributed by atoms with van der Waals surface area (Å²) in [5.41, 5.74) is 0.536. The van der Waals surface area contributed by atoms with Crippen molar-refractivity contribution in [3.05, 3.63) is 24.0 Å². The zero-order valence-corrected chi connectivity index (χ0v) is 13.1. The summed E-state index contributed by atoms with van der Waals surface area (Å²) >= 11 is 0. The number of carbonyl (C=O) groups excluding carboxylic acids is 2. The minimum atomic E-state index is -0.664. The molecular formula is C15H24N4O2. The molecule has 1 aromatic rings. The maximum Gasteiger partial charge on any atom is 0.269 e. The quantitative estimate of drug-likeness (QED) is 0.709. The van der Waals surface area contributed by atoms with E-state index in [9.17, 15) is 9.59 Å². The highest BCUT2D eigenvalue weighted by molar-refractivity contribution is 5.93. The molecule has 0 bridgehead atoms. The van der Waals surface area contributed by atoms with Crippen molar-refractivity contribution in [2.24, 2.45) is 5.41 Å². The summed E-state index contributed by atoms with van der Waals surface area (Å²) in [6.45, 7) is 6.72. The SMILES string of the molecule is CCCNc1ccnc(C(=O)NCC(C)(C)C(=O)NC)c1. The second kappa shape index (κ2) is 7.61. The van der Waals surface area contributed by atoms with Crippen LogP contribution in [0.4, 0.5) is 5.69 Å². The van der Waals surface area contributed by atoms with Gasteiger partial charge in [-0.2, -0.15) is 0 Å². The highest BCUT2D eigenvalue weighted by atomic mass is 16.2. The van der Waals surface area contributed by atoms with Gasteiger partial charge in [0.15, 0.2) is 0 Å². The van der Waals surface area contributed by atoms with E-state index in [0.29, 0.717) is 5.69 Å². The van der Waals surface area contributed by atoms with Gasteiger partial charge in [-0.15, -0.1) is 0 Å². The van der Waals surface area contributed by atoms with Crippen molar-refractivity contribution in [3.8, 4) is 0 Å². The van der Waals surface area contributed by atoms with Gasteiger partial charge in [-0.3, -0.25) is 14.6 Å². The molecule has 0 spiro atoms. The van der Waals surface area contributed by atoms with Gasteiger partial charge in [-0.25, -0.2) is 0 Å². The van der Waals surface area contributed by atoms with Crippen LogP contribution in [0.15, 0.2) is 18.3 Å². The molecule has 2 amide bonds. The number of nitrogens with one attached hydrogen (secondary N) is 3. The number of anilines is 1. The summed E-state index contributed by atoms with van der Waals surface area (Å²) in [5, 5.41) is 8.54. The molecular weight excluding hydrogens is 268 g/mol. The Morgan fingerprint density at radius 2 is 2.05 bits per heavy atom. The second-order valence-electron chi connectivity index (χ2n) is 5.50. The molecule has 116 valence electrons.